The highest BCUT2D eigenvalue weighted by Gasteiger charge is 1.99. The summed E-state index contributed by atoms with van der Waals surface area (Å²) in [5.41, 5.74) is 15.7. The molecule has 0 atom stereocenters. The molecule has 3 rings (SSSR count). The number of benzene rings is 3. The number of nitrogens with two attached hydrogens (primary N) is 2. The van der Waals surface area contributed by atoms with Gasteiger partial charge < -0.3 is 16.2 Å². The molecule has 0 heterocycles. The molecule has 3 aromatic carbocycles. The molecule has 3 nitrogen and oxygen atoms in total. The molecule has 3 heteroatoms. The lowest BCUT2D eigenvalue weighted by Crippen LogP contribution is -1.90. The van der Waals surface area contributed by atoms with Gasteiger partial charge in [0.25, 0.3) is 0 Å². The summed E-state index contributed by atoms with van der Waals surface area (Å²) in [5.74, 6) is 1.66. The van der Waals surface area contributed by atoms with Crippen molar-refractivity contribution in [3.63, 3.8) is 0 Å². The number of anilines is 2. The second-order valence-electron chi connectivity index (χ2n) is 6.97. The number of aryl methyl sites for hydroxylation is 2. The number of hydrogen-bond donors (Lipinski definition) is 2. The van der Waals surface area contributed by atoms with E-state index in [2.05, 4.69) is 24.3 Å². The van der Waals surface area contributed by atoms with Crippen LogP contribution in [0.25, 0.3) is 0 Å². The van der Waals surface area contributed by atoms with Crippen LogP contribution in [0.2, 0.25) is 0 Å². The van der Waals surface area contributed by atoms with Gasteiger partial charge in [-0.1, -0.05) is 37.1 Å². The van der Waals surface area contributed by atoms with Gasteiger partial charge in [-0.05, 0) is 85.3 Å². The summed E-state index contributed by atoms with van der Waals surface area (Å²) in [5, 5.41) is 0. The Balaban J connectivity index is 1.33. The molecule has 0 aliphatic carbocycles. The maximum Gasteiger partial charge on any atom is 0.127 e. The first-order chi connectivity index (χ1) is 13.2. The standard InChI is InChI=1S/C24H28N2O/c25-21-11-7-19(8-12-21)5-3-1-2-4-6-20-9-15-23(16-10-20)27-24-17-13-22(26)14-18-24/h7-18H,1-6,25-26H2. The maximum atomic E-state index is 5.83. The third-order valence-corrected chi connectivity index (χ3v) is 4.70. The minimum absolute atomic E-state index is 0.742. The molecule has 0 saturated heterocycles. The molecule has 4 N–H and O–H groups in total. The van der Waals surface area contributed by atoms with Gasteiger partial charge in [0.15, 0.2) is 0 Å². The zero-order chi connectivity index (χ0) is 18.9. The molecule has 0 amide bonds. The van der Waals surface area contributed by atoms with E-state index in [-0.39, 0.29) is 0 Å². The van der Waals surface area contributed by atoms with Gasteiger partial charge in [0.1, 0.15) is 11.5 Å². The number of nitrogen functional groups attached to an aromatic ring is 2. The van der Waals surface area contributed by atoms with Crippen molar-refractivity contribution in [3.8, 4) is 11.5 Å². The number of ether oxygens (including phenoxy) is 1. The largest absolute Gasteiger partial charge is 0.457 e. The predicted molar refractivity (Wildman–Crippen MR) is 114 cm³/mol. The number of hydrogen-bond acceptors (Lipinski definition) is 3. The minimum atomic E-state index is 0.742. The molecule has 0 aliphatic heterocycles. The summed E-state index contributed by atoms with van der Waals surface area (Å²) in [6, 6.07) is 24.1. The average Bonchev–Trinajstić information content (AvgIpc) is 2.69. The van der Waals surface area contributed by atoms with E-state index in [4.69, 9.17) is 16.2 Å². The molecule has 3 aromatic rings. The number of unbranched alkanes of at least 4 members (excludes halogenated alkanes) is 3. The van der Waals surface area contributed by atoms with E-state index in [0.29, 0.717) is 0 Å². The molecule has 0 radical (unpaired) electrons. The van der Waals surface area contributed by atoms with Crippen molar-refractivity contribution >= 4 is 11.4 Å². The van der Waals surface area contributed by atoms with Gasteiger partial charge >= 0.3 is 0 Å². The maximum absolute atomic E-state index is 5.83. The SMILES string of the molecule is Nc1ccc(CCCCCCc2ccc(Oc3ccc(N)cc3)cc2)cc1. The van der Waals surface area contributed by atoms with Crippen LogP contribution in [-0.2, 0) is 12.8 Å². The highest BCUT2D eigenvalue weighted by Crippen LogP contribution is 2.23. The Kier molecular flexibility index (Phi) is 6.75. The molecule has 0 saturated carbocycles. The Bertz CT molecular complexity index is 809. The van der Waals surface area contributed by atoms with E-state index in [1.165, 1.54) is 36.8 Å². The van der Waals surface area contributed by atoms with Crippen molar-refractivity contribution in [2.24, 2.45) is 0 Å². The lowest BCUT2D eigenvalue weighted by molar-refractivity contribution is 0.482. The summed E-state index contributed by atoms with van der Waals surface area (Å²) >= 11 is 0. The van der Waals surface area contributed by atoms with E-state index in [1.807, 2.05) is 48.5 Å². The minimum Gasteiger partial charge on any atom is -0.457 e. The summed E-state index contributed by atoms with van der Waals surface area (Å²) in [6.45, 7) is 0. The molecular weight excluding hydrogens is 332 g/mol. The fourth-order valence-corrected chi connectivity index (χ4v) is 3.09. The summed E-state index contributed by atoms with van der Waals surface area (Å²) in [6.07, 6.45) is 7.24. The summed E-state index contributed by atoms with van der Waals surface area (Å²) in [7, 11) is 0. The van der Waals surface area contributed by atoms with E-state index >= 15 is 0 Å². The van der Waals surface area contributed by atoms with Crippen LogP contribution in [0.5, 0.6) is 11.5 Å². The Hall–Kier alpha value is -2.94. The molecule has 0 fully saturated rings. The van der Waals surface area contributed by atoms with Gasteiger partial charge in [0, 0.05) is 11.4 Å². The van der Waals surface area contributed by atoms with Crippen molar-refractivity contribution in [2.45, 2.75) is 38.5 Å². The van der Waals surface area contributed by atoms with E-state index in [9.17, 15) is 0 Å². The van der Waals surface area contributed by atoms with Gasteiger partial charge in [-0.3, -0.25) is 0 Å². The molecule has 0 bridgehead atoms. The van der Waals surface area contributed by atoms with Crippen molar-refractivity contribution < 1.29 is 4.74 Å². The lowest BCUT2D eigenvalue weighted by atomic mass is 10.0. The van der Waals surface area contributed by atoms with E-state index in [0.717, 1.165) is 35.7 Å². The van der Waals surface area contributed by atoms with Gasteiger partial charge in [-0.15, -0.1) is 0 Å². The normalized spacial score (nSPS) is 10.7. The van der Waals surface area contributed by atoms with Crippen LogP contribution < -0.4 is 16.2 Å². The van der Waals surface area contributed by atoms with Crippen LogP contribution in [0.15, 0.2) is 72.8 Å². The second-order valence-corrected chi connectivity index (χ2v) is 6.97. The lowest BCUT2D eigenvalue weighted by Gasteiger charge is -2.07. The van der Waals surface area contributed by atoms with Crippen LogP contribution in [-0.4, -0.2) is 0 Å². The zero-order valence-corrected chi connectivity index (χ0v) is 15.7. The summed E-state index contributed by atoms with van der Waals surface area (Å²) in [4.78, 5) is 0. The van der Waals surface area contributed by atoms with Crippen LogP contribution in [0.4, 0.5) is 11.4 Å². The summed E-state index contributed by atoms with van der Waals surface area (Å²) < 4.78 is 5.83. The quantitative estimate of drug-likeness (QED) is 0.364. The Morgan fingerprint density at radius 3 is 1.33 bits per heavy atom. The number of rotatable bonds is 9. The molecule has 0 aliphatic rings. The third kappa shape index (κ3) is 6.37. The Labute approximate surface area is 162 Å². The molecule has 0 unspecified atom stereocenters. The first kappa shape index (κ1) is 18.8. The van der Waals surface area contributed by atoms with Crippen molar-refractivity contribution in [1.29, 1.82) is 0 Å². The molecule has 0 spiro atoms. The monoisotopic (exact) mass is 360 g/mol. The fourth-order valence-electron chi connectivity index (χ4n) is 3.09. The second kappa shape index (κ2) is 9.67. The van der Waals surface area contributed by atoms with Crippen LogP contribution in [0.1, 0.15) is 36.8 Å². The predicted octanol–water partition coefficient (Wildman–Crippen LogP) is 5.99. The van der Waals surface area contributed by atoms with Crippen LogP contribution in [0.3, 0.4) is 0 Å². The Morgan fingerprint density at radius 2 is 0.852 bits per heavy atom. The molecule has 140 valence electrons. The average molecular weight is 361 g/mol. The fraction of sp³-hybridized carbons (Fsp3) is 0.250. The van der Waals surface area contributed by atoms with E-state index < -0.39 is 0 Å². The highest BCUT2D eigenvalue weighted by molar-refractivity contribution is 5.43. The highest BCUT2D eigenvalue weighted by atomic mass is 16.5. The molecule has 0 aromatic heterocycles. The van der Waals surface area contributed by atoms with Gasteiger partial charge in [0.05, 0.1) is 0 Å². The smallest absolute Gasteiger partial charge is 0.127 e. The zero-order valence-electron chi connectivity index (χ0n) is 15.7. The van der Waals surface area contributed by atoms with Gasteiger partial charge in [0.2, 0.25) is 0 Å². The third-order valence-electron chi connectivity index (χ3n) is 4.70. The molecule has 27 heavy (non-hydrogen) atoms. The van der Waals surface area contributed by atoms with Crippen molar-refractivity contribution in [1.82, 2.24) is 0 Å². The molecular formula is C24H28N2O. The van der Waals surface area contributed by atoms with E-state index in [1.54, 1.807) is 0 Å². The van der Waals surface area contributed by atoms with Gasteiger partial charge in [-0.2, -0.15) is 0 Å². The van der Waals surface area contributed by atoms with Gasteiger partial charge in [-0.25, -0.2) is 0 Å². The van der Waals surface area contributed by atoms with Crippen molar-refractivity contribution in [3.05, 3.63) is 83.9 Å². The first-order valence-electron chi connectivity index (χ1n) is 9.66. The topological polar surface area (TPSA) is 61.3 Å². The first-order valence-corrected chi connectivity index (χ1v) is 9.66. The van der Waals surface area contributed by atoms with Crippen LogP contribution >= 0.6 is 0 Å². The van der Waals surface area contributed by atoms with Crippen molar-refractivity contribution in [2.75, 3.05) is 11.5 Å². The van der Waals surface area contributed by atoms with Crippen LogP contribution in [0, 0.1) is 0 Å². The Morgan fingerprint density at radius 1 is 0.481 bits per heavy atom.